The van der Waals surface area contributed by atoms with Gasteiger partial charge in [0.25, 0.3) is 5.91 Å². The first-order valence-corrected chi connectivity index (χ1v) is 6.72. The first-order chi connectivity index (χ1) is 10.1. The summed E-state index contributed by atoms with van der Waals surface area (Å²) in [7, 11) is 3.40. The van der Waals surface area contributed by atoms with E-state index in [0.717, 1.165) is 5.56 Å². The minimum Gasteiger partial charge on any atom is -0.394 e. The highest BCUT2D eigenvalue weighted by molar-refractivity contribution is 5.93. The Hall–Kier alpha value is -2.40. The Kier molecular flexibility index (Phi) is 4.90. The van der Waals surface area contributed by atoms with Gasteiger partial charge < -0.3 is 15.3 Å². The number of aliphatic hydroxyl groups is 1. The van der Waals surface area contributed by atoms with E-state index in [0.29, 0.717) is 11.4 Å². The molecule has 0 aliphatic heterocycles. The summed E-state index contributed by atoms with van der Waals surface area (Å²) in [6.45, 7) is -0.0376. The summed E-state index contributed by atoms with van der Waals surface area (Å²) in [6, 6.07) is 12.9. The van der Waals surface area contributed by atoms with Crippen molar-refractivity contribution in [2.75, 3.05) is 26.0 Å². The molecule has 2 rings (SSSR count). The lowest BCUT2D eigenvalue weighted by molar-refractivity contribution is 0.0827. The van der Waals surface area contributed by atoms with Crippen LogP contribution in [0.3, 0.4) is 0 Å². The predicted molar refractivity (Wildman–Crippen MR) is 82.1 cm³/mol. The maximum atomic E-state index is 11.8. The molecule has 1 aromatic carbocycles. The highest BCUT2D eigenvalue weighted by atomic mass is 16.3. The summed E-state index contributed by atoms with van der Waals surface area (Å²) in [4.78, 5) is 17.5. The van der Waals surface area contributed by atoms with Crippen molar-refractivity contribution in [3.05, 3.63) is 59.8 Å². The third-order valence-corrected chi connectivity index (χ3v) is 3.12. The van der Waals surface area contributed by atoms with E-state index in [9.17, 15) is 9.90 Å². The third-order valence-electron chi connectivity index (χ3n) is 3.12. The molecule has 0 saturated heterocycles. The number of carbonyl (C=O) groups excluding carboxylic acids is 1. The van der Waals surface area contributed by atoms with Crippen molar-refractivity contribution in [3.8, 4) is 0 Å². The fourth-order valence-electron chi connectivity index (χ4n) is 1.96. The lowest BCUT2D eigenvalue weighted by Crippen LogP contribution is -2.22. The van der Waals surface area contributed by atoms with Crippen LogP contribution in [0.25, 0.3) is 0 Å². The van der Waals surface area contributed by atoms with Crippen LogP contribution in [-0.4, -0.2) is 41.6 Å². The monoisotopic (exact) mass is 285 g/mol. The zero-order valence-corrected chi connectivity index (χ0v) is 12.2. The zero-order valence-electron chi connectivity index (χ0n) is 12.2. The Labute approximate surface area is 124 Å². The molecule has 0 aliphatic rings. The second-order valence-corrected chi connectivity index (χ2v) is 4.92. The van der Waals surface area contributed by atoms with Gasteiger partial charge >= 0.3 is 0 Å². The quantitative estimate of drug-likeness (QED) is 0.881. The summed E-state index contributed by atoms with van der Waals surface area (Å²) in [5, 5.41) is 12.7. The van der Waals surface area contributed by atoms with Crippen LogP contribution in [0.1, 0.15) is 22.0 Å². The first kappa shape index (κ1) is 15.0. The highest BCUT2D eigenvalue weighted by Crippen LogP contribution is 2.17. The zero-order chi connectivity index (χ0) is 15.2. The molecule has 2 N–H and O–H groups in total. The van der Waals surface area contributed by atoms with E-state index in [4.69, 9.17) is 0 Å². The number of amides is 1. The Balaban J connectivity index is 2.10. The largest absolute Gasteiger partial charge is 0.394 e. The molecule has 1 amide bonds. The van der Waals surface area contributed by atoms with Gasteiger partial charge in [0.2, 0.25) is 0 Å². The minimum absolute atomic E-state index is 0.0376. The fourth-order valence-corrected chi connectivity index (χ4v) is 1.96. The number of rotatable bonds is 5. The van der Waals surface area contributed by atoms with Crippen molar-refractivity contribution >= 4 is 11.7 Å². The number of benzene rings is 1. The number of nitrogens with zero attached hydrogens (tertiary/aromatic N) is 2. The van der Waals surface area contributed by atoms with E-state index in [1.807, 2.05) is 30.3 Å². The van der Waals surface area contributed by atoms with Gasteiger partial charge in [-0.2, -0.15) is 0 Å². The molecular formula is C16H19N3O2. The van der Waals surface area contributed by atoms with Crippen molar-refractivity contribution in [2.24, 2.45) is 0 Å². The molecule has 0 fully saturated rings. The SMILES string of the molecule is CN(C)C(=O)c1ccc(NC(CO)c2ccccc2)nc1. The Morgan fingerprint density at radius 1 is 1.24 bits per heavy atom. The second-order valence-electron chi connectivity index (χ2n) is 4.92. The van der Waals surface area contributed by atoms with Gasteiger partial charge in [0.15, 0.2) is 0 Å². The number of carbonyl (C=O) groups is 1. The lowest BCUT2D eigenvalue weighted by atomic mass is 10.1. The van der Waals surface area contributed by atoms with Crippen LogP contribution >= 0.6 is 0 Å². The van der Waals surface area contributed by atoms with Gasteiger partial charge in [-0.1, -0.05) is 30.3 Å². The molecule has 110 valence electrons. The molecule has 1 atom stereocenters. The molecule has 21 heavy (non-hydrogen) atoms. The Morgan fingerprint density at radius 2 is 1.95 bits per heavy atom. The van der Waals surface area contributed by atoms with E-state index in [1.165, 1.54) is 11.1 Å². The first-order valence-electron chi connectivity index (χ1n) is 6.72. The normalized spacial score (nSPS) is 11.8. The molecule has 0 saturated carbocycles. The van der Waals surface area contributed by atoms with Gasteiger partial charge in [0.1, 0.15) is 5.82 Å². The van der Waals surface area contributed by atoms with Crippen LogP contribution in [0.2, 0.25) is 0 Å². The van der Waals surface area contributed by atoms with E-state index in [-0.39, 0.29) is 18.6 Å². The number of hydrogen-bond acceptors (Lipinski definition) is 4. The maximum absolute atomic E-state index is 11.8. The smallest absolute Gasteiger partial charge is 0.254 e. The fraction of sp³-hybridized carbons (Fsp3) is 0.250. The molecule has 0 bridgehead atoms. The van der Waals surface area contributed by atoms with Crippen molar-refractivity contribution < 1.29 is 9.90 Å². The molecule has 5 nitrogen and oxygen atoms in total. The molecule has 0 aliphatic carbocycles. The summed E-state index contributed by atoms with van der Waals surface area (Å²) < 4.78 is 0. The Bertz CT molecular complexity index is 582. The summed E-state index contributed by atoms with van der Waals surface area (Å²) in [5.41, 5.74) is 1.51. The predicted octanol–water partition coefficient (Wildman–Crippen LogP) is 1.93. The van der Waals surface area contributed by atoms with Crippen LogP contribution in [0.15, 0.2) is 48.7 Å². The number of hydrogen-bond donors (Lipinski definition) is 2. The van der Waals surface area contributed by atoms with Crippen LogP contribution in [0.5, 0.6) is 0 Å². The molecular weight excluding hydrogens is 266 g/mol. The van der Waals surface area contributed by atoms with Gasteiger partial charge in [-0.05, 0) is 17.7 Å². The van der Waals surface area contributed by atoms with Crippen LogP contribution < -0.4 is 5.32 Å². The average Bonchev–Trinajstić information content (AvgIpc) is 2.53. The summed E-state index contributed by atoms with van der Waals surface area (Å²) in [5.74, 6) is 0.532. The number of anilines is 1. The molecule has 5 heteroatoms. The topological polar surface area (TPSA) is 65.5 Å². The van der Waals surface area contributed by atoms with Crippen molar-refractivity contribution in [3.63, 3.8) is 0 Å². The number of aliphatic hydroxyl groups excluding tert-OH is 1. The molecule has 2 aromatic rings. The standard InChI is InChI=1S/C16H19N3O2/c1-19(2)16(21)13-8-9-15(17-10-13)18-14(11-20)12-6-4-3-5-7-12/h3-10,14,20H,11H2,1-2H3,(H,17,18). The van der Waals surface area contributed by atoms with Gasteiger partial charge in [-0.3, -0.25) is 4.79 Å². The van der Waals surface area contributed by atoms with Crippen molar-refractivity contribution in [2.45, 2.75) is 6.04 Å². The van der Waals surface area contributed by atoms with Crippen LogP contribution in [0, 0.1) is 0 Å². The van der Waals surface area contributed by atoms with Crippen LogP contribution in [-0.2, 0) is 0 Å². The van der Waals surface area contributed by atoms with Gasteiger partial charge in [-0.25, -0.2) is 4.98 Å². The molecule has 1 aromatic heterocycles. The number of pyridine rings is 1. The lowest BCUT2D eigenvalue weighted by Gasteiger charge is -2.17. The van der Waals surface area contributed by atoms with E-state index < -0.39 is 0 Å². The molecule has 0 spiro atoms. The van der Waals surface area contributed by atoms with E-state index in [1.54, 1.807) is 26.2 Å². The van der Waals surface area contributed by atoms with Gasteiger partial charge in [0.05, 0.1) is 18.2 Å². The molecule has 0 radical (unpaired) electrons. The maximum Gasteiger partial charge on any atom is 0.254 e. The second kappa shape index (κ2) is 6.85. The molecule has 1 heterocycles. The highest BCUT2D eigenvalue weighted by Gasteiger charge is 2.12. The van der Waals surface area contributed by atoms with Gasteiger partial charge in [0, 0.05) is 20.3 Å². The summed E-state index contributed by atoms with van der Waals surface area (Å²) >= 11 is 0. The average molecular weight is 285 g/mol. The van der Waals surface area contributed by atoms with Crippen molar-refractivity contribution in [1.82, 2.24) is 9.88 Å². The van der Waals surface area contributed by atoms with E-state index in [2.05, 4.69) is 10.3 Å². The van der Waals surface area contributed by atoms with E-state index >= 15 is 0 Å². The number of aromatic nitrogens is 1. The Morgan fingerprint density at radius 3 is 2.48 bits per heavy atom. The third kappa shape index (κ3) is 3.79. The molecule has 1 unspecified atom stereocenters. The van der Waals surface area contributed by atoms with Crippen molar-refractivity contribution in [1.29, 1.82) is 0 Å². The van der Waals surface area contributed by atoms with Crippen LogP contribution in [0.4, 0.5) is 5.82 Å². The number of nitrogens with one attached hydrogen (secondary N) is 1. The minimum atomic E-state index is -0.228. The summed E-state index contributed by atoms with van der Waals surface area (Å²) in [6.07, 6.45) is 1.53. The van der Waals surface area contributed by atoms with Gasteiger partial charge in [-0.15, -0.1) is 0 Å².